The van der Waals surface area contributed by atoms with Gasteiger partial charge in [0.2, 0.25) is 5.91 Å². The van der Waals surface area contributed by atoms with Crippen molar-refractivity contribution >= 4 is 17.2 Å². The molecule has 2 saturated carbocycles. The first kappa shape index (κ1) is 16.6. The highest BCUT2D eigenvalue weighted by molar-refractivity contribution is 7.12. The number of thiophene rings is 1. The van der Waals surface area contributed by atoms with Gasteiger partial charge in [-0.25, -0.2) is 0 Å². The summed E-state index contributed by atoms with van der Waals surface area (Å²) in [6.45, 7) is 4.26. The number of hydrogen-bond donors (Lipinski definition) is 0. The molecule has 0 unspecified atom stereocenters. The molecule has 0 bridgehead atoms. The first-order chi connectivity index (χ1) is 11.4. The molecule has 1 spiro atoms. The Morgan fingerprint density at radius 1 is 1.21 bits per heavy atom. The molecule has 0 aromatic carbocycles. The molecule has 1 aromatic heterocycles. The van der Waals surface area contributed by atoms with E-state index in [4.69, 9.17) is 0 Å². The van der Waals surface area contributed by atoms with Crippen LogP contribution in [-0.2, 0) is 10.3 Å². The molecule has 0 radical (unpaired) electrons. The van der Waals surface area contributed by atoms with Crippen LogP contribution in [-0.4, -0.2) is 42.9 Å². The van der Waals surface area contributed by atoms with Crippen molar-refractivity contribution in [3.63, 3.8) is 0 Å². The molecule has 3 nitrogen and oxygen atoms in total. The maximum Gasteiger partial charge on any atom is 0.223 e. The van der Waals surface area contributed by atoms with Gasteiger partial charge >= 0.3 is 0 Å². The fraction of sp³-hybridized carbons (Fsp3) is 0.750. The Morgan fingerprint density at radius 2 is 1.92 bits per heavy atom. The molecular weight excluding hydrogens is 316 g/mol. The molecular formula is C20H30N2OS. The molecule has 1 aliphatic heterocycles. The second-order valence-corrected chi connectivity index (χ2v) is 10.0. The molecule has 4 heteroatoms. The summed E-state index contributed by atoms with van der Waals surface area (Å²) in [7, 11) is 4.46. The van der Waals surface area contributed by atoms with Gasteiger partial charge in [-0.2, -0.15) is 0 Å². The smallest absolute Gasteiger partial charge is 0.223 e. The van der Waals surface area contributed by atoms with Crippen LogP contribution >= 0.6 is 11.3 Å². The van der Waals surface area contributed by atoms with Crippen LogP contribution in [0.1, 0.15) is 54.7 Å². The second-order valence-electron chi connectivity index (χ2n) is 8.73. The summed E-state index contributed by atoms with van der Waals surface area (Å²) in [5, 5.41) is 0. The fourth-order valence-corrected chi connectivity index (χ4v) is 6.08. The molecule has 1 aromatic rings. The van der Waals surface area contributed by atoms with Crippen molar-refractivity contribution in [3.8, 4) is 0 Å². The third-order valence-electron chi connectivity index (χ3n) is 6.77. The van der Waals surface area contributed by atoms with Crippen LogP contribution in [0.25, 0.3) is 0 Å². The van der Waals surface area contributed by atoms with Gasteiger partial charge in [-0.15, -0.1) is 11.3 Å². The predicted octanol–water partition coefficient (Wildman–Crippen LogP) is 4.02. The van der Waals surface area contributed by atoms with Gasteiger partial charge in [0, 0.05) is 29.3 Å². The lowest BCUT2D eigenvalue weighted by molar-refractivity contribution is -0.128. The van der Waals surface area contributed by atoms with Crippen LogP contribution in [0, 0.1) is 18.3 Å². The topological polar surface area (TPSA) is 23.6 Å². The number of carbonyl (C=O) groups excluding carboxylic acids is 1. The Kier molecular flexibility index (Phi) is 4.04. The van der Waals surface area contributed by atoms with Gasteiger partial charge in [-0.05, 0) is 83.0 Å². The minimum absolute atomic E-state index is 0.178. The highest BCUT2D eigenvalue weighted by Crippen LogP contribution is 2.53. The summed E-state index contributed by atoms with van der Waals surface area (Å²) >= 11 is 1.95. The minimum atomic E-state index is 0.178. The van der Waals surface area contributed by atoms with E-state index in [1.165, 1.54) is 48.3 Å². The van der Waals surface area contributed by atoms with E-state index in [1.54, 1.807) is 0 Å². The number of nitrogens with zero attached hydrogens (tertiary/aromatic N) is 2. The average molecular weight is 347 g/mol. The number of carbonyl (C=O) groups is 1. The molecule has 24 heavy (non-hydrogen) atoms. The van der Waals surface area contributed by atoms with Crippen LogP contribution in [0.4, 0.5) is 0 Å². The van der Waals surface area contributed by atoms with Crippen LogP contribution in [0.2, 0.25) is 0 Å². The Bertz CT molecular complexity index is 623. The standard InChI is InChI=1S/C20H30N2OS/c1-15-4-7-17(24-15)20(21(2)3)10-8-19(9-11-20)12-18(23)22(14-19)13-16-5-6-16/h4,7,16H,5-6,8-14H2,1-3H3. The van der Waals surface area contributed by atoms with E-state index >= 15 is 0 Å². The average Bonchev–Trinajstić information content (AvgIpc) is 3.17. The van der Waals surface area contributed by atoms with Crippen LogP contribution in [0.15, 0.2) is 12.1 Å². The van der Waals surface area contributed by atoms with E-state index < -0.39 is 0 Å². The second kappa shape index (κ2) is 5.84. The molecule has 3 fully saturated rings. The summed E-state index contributed by atoms with van der Waals surface area (Å²) in [6, 6.07) is 4.59. The maximum atomic E-state index is 12.5. The monoisotopic (exact) mass is 346 g/mol. The highest BCUT2D eigenvalue weighted by atomic mass is 32.1. The number of likely N-dealkylation sites (tertiary alicyclic amines) is 1. The van der Waals surface area contributed by atoms with Crippen molar-refractivity contribution in [1.29, 1.82) is 0 Å². The molecule has 1 saturated heterocycles. The zero-order valence-electron chi connectivity index (χ0n) is 15.3. The zero-order valence-corrected chi connectivity index (χ0v) is 16.1. The Morgan fingerprint density at radius 3 is 2.46 bits per heavy atom. The van der Waals surface area contributed by atoms with Crippen molar-refractivity contribution in [2.24, 2.45) is 11.3 Å². The number of amides is 1. The van der Waals surface area contributed by atoms with Gasteiger partial charge < -0.3 is 4.90 Å². The summed E-state index contributed by atoms with van der Waals surface area (Å²) in [5.41, 5.74) is 0.439. The zero-order chi connectivity index (χ0) is 16.9. The molecule has 3 aliphatic rings. The Balaban J connectivity index is 1.49. The van der Waals surface area contributed by atoms with E-state index in [-0.39, 0.29) is 11.0 Å². The van der Waals surface area contributed by atoms with Gasteiger partial charge in [0.25, 0.3) is 0 Å². The van der Waals surface area contributed by atoms with Crippen molar-refractivity contribution in [2.75, 3.05) is 27.2 Å². The van der Waals surface area contributed by atoms with E-state index in [2.05, 4.69) is 43.0 Å². The van der Waals surface area contributed by atoms with Crippen molar-refractivity contribution < 1.29 is 4.79 Å². The molecule has 2 aliphatic carbocycles. The van der Waals surface area contributed by atoms with Gasteiger partial charge in [-0.1, -0.05) is 0 Å². The largest absolute Gasteiger partial charge is 0.342 e. The third-order valence-corrected chi connectivity index (χ3v) is 7.97. The van der Waals surface area contributed by atoms with Gasteiger partial charge in [-0.3, -0.25) is 9.69 Å². The SMILES string of the molecule is Cc1ccc(C2(N(C)C)CCC3(CC2)CC(=O)N(CC2CC2)C3)s1. The summed E-state index contributed by atoms with van der Waals surface area (Å²) in [4.78, 5) is 20.0. The lowest BCUT2D eigenvalue weighted by Gasteiger charge is -2.48. The molecule has 2 heterocycles. The van der Waals surface area contributed by atoms with Gasteiger partial charge in [0.1, 0.15) is 0 Å². The fourth-order valence-electron chi connectivity index (χ4n) is 4.89. The van der Waals surface area contributed by atoms with E-state index in [0.29, 0.717) is 5.91 Å². The highest BCUT2D eigenvalue weighted by Gasteiger charge is 2.50. The van der Waals surface area contributed by atoms with Crippen molar-refractivity contribution in [3.05, 3.63) is 21.9 Å². The van der Waals surface area contributed by atoms with Crippen LogP contribution < -0.4 is 0 Å². The molecule has 0 N–H and O–H groups in total. The lowest BCUT2D eigenvalue weighted by Crippen LogP contribution is -2.47. The van der Waals surface area contributed by atoms with Crippen LogP contribution in [0.3, 0.4) is 0 Å². The first-order valence-corrected chi connectivity index (χ1v) is 10.3. The van der Waals surface area contributed by atoms with E-state index in [9.17, 15) is 4.79 Å². The quantitative estimate of drug-likeness (QED) is 0.822. The van der Waals surface area contributed by atoms with Gasteiger partial charge in [0.15, 0.2) is 0 Å². The predicted molar refractivity (Wildman–Crippen MR) is 99.2 cm³/mol. The normalized spacial score (nSPS) is 33.8. The van der Waals surface area contributed by atoms with E-state index in [1.807, 2.05) is 11.3 Å². The number of rotatable bonds is 4. The molecule has 1 amide bonds. The molecule has 132 valence electrons. The van der Waals surface area contributed by atoms with E-state index in [0.717, 1.165) is 25.4 Å². The summed E-state index contributed by atoms with van der Waals surface area (Å²) < 4.78 is 0. The van der Waals surface area contributed by atoms with Crippen LogP contribution in [0.5, 0.6) is 0 Å². The lowest BCUT2D eigenvalue weighted by atomic mass is 9.66. The minimum Gasteiger partial charge on any atom is -0.342 e. The number of aryl methyl sites for hydroxylation is 1. The van der Waals surface area contributed by atoms with Crippen molar-refractivity contribution in [2.45, 2.75) is 57.4 Å². The maximum absolute atomic E-state index is 12.5. The Labute approximate surface area is 150 Å². The van der Waals surface area contributed by atoms with Gasteiger partial charge in [0.05, 0.1) is 5.54 Å². The first-order valence-electron chi connectivity index (χ1n) is 9.45. The number of hydrogen-bond acceptors (Lipinski definition) is 3. The summed E-state index contributed by atoms with van der Waals surface area (Å²) in [5.74, 6) is 1.23. The molecule has 4 rings (SSSR count). The third kappa shape index (κ3) is 2.82. The molecule has 0 atom stereocenters. The Hall–Kier alpha value is -0.870. The van der Waals surface area contributed by atoms with Crippen molar-refractivity contribution in [1.82, 2.24) is 9.80 Å². The summed E-state index contributed by atoms with van der Waals surface area (Å²) in [6.07, 6.45) is 8.21.